The second-order valence-electron chi connectivity index (χ2n) is 8.08. The fourth-order valence-corrected chi connectivity index (χ4v) is 4.05. The average molecular weight is 501 g/mol. The lowest BCUT2D eigenvalue weighted by atomic mass is 9.98. The highest BCUT2D eigenvalue weighted by molar-refractivity contribution is 5.85. The van der Waals surface area contributed by atoms with Crippen LogP contribution in [-0.4, -0.2) is 37.7 Å². The molecule has 0 atom stereocenters. The first-order chi connectivity index (χ1) is 17.1. The number of halogens is 1. The highest BCUT2D eigenvalue weighted by Gasteiger charge is 2.14. The van der Waals surface area contributed by atoms with Gasteiger partial charge in [0.2, 0.25) is 11.7 Å². The Hall–Kier alpha value is -4.30. The number of nitrogens with one attached hydrogen (secondary N) is 1. The lowest BCUT2D eigenvalue weighted by Crippen LogP contribution is -2.01. The summed E-state index contributed by atoms with van der Waals surface area (Å²) in [5.74, 6) is 1.90. The summed E-state index contributed by atoms with van der Waals surface area (Å²) in [6.45, 7) is 4.37. The van der Waals surface area contributed by atoms with E-state index in [-0.39, 0.29) is 12.4 Å². The van der Waals surface area contributed by atoms with E-state index in [1.807, 2.05) is 50.2 Å². The minimum atomic E-state index is 0. The molecule has 3 heterocycles. The molecule has 0 unspecified atom stereocenters. The third-order valence-electron chi connectivity index (χ3n) is 5.70. The van der Waals surface area contributed by atoms with Crippen LogP contribution < -0.4 is 9.47 Å². The van der Waals surface area contributed by atoms with Gasteiger partial charge in [0, 0.05) is 46.4 Å². The number of aromatic nitrogens is 6. The zero-order valence-electron chi connectivity index (χ0n) is 20.1. The molecule has 5 rings (SSSR count). The van der Waals surface area contributed by atoms with Crippen molar-refractivity contribution in [1.82, 2.24) is 30.6 Å². The van der Waals surface area contributed by atoms with Crippen molar-refractivity contribution >= 4 is 12.4 Å². The Labute approximate surface area is 215 Å². The second-order valence-corrected chi connectivity index (χ2v) is 8.08. The van der Waals surface area contributed by atoms with Crippen LogP contribution in [0.2, 0.25) is 0 Å². The Morgan fingerprint density at radius 1 is 0.889 bits per heavy atom. The predicted molar refractivity (Wildman–Crippen MR) is 140 cm³/mol. The summed E-state index contributed by atoms with van der Waals surface area (Å²) in [6.07, 6.45) is 1.78. The molecule has 0 saturated heterocycles. The van der Waals surface area contributed by atoms with E-state index >= 15 is 0 Å². The van der Waals surface area contributed by atoms with Crippen LogP contribution in [-0.2, 0) is 6.61 Å². The predicted octanol–water partition coefficient (Wildman–Crippen LogP) is 5.62. The smallest absolute Gasteiger partial charge is 0.212 e. The van der Waals surface area contributed by atoms with Crippen molar-refractivity contribution in [2.24, 2.45) is 0 Å². The van der Waals surface area contributed by atoms with E-state index in [9.17, 15) is 0 Å². The topological polar surface area (TPSA) is 98.7 Å². The molecule has 0 radical (unpaired) electrons. The molecular weight excluding hydrogens is 476 g/mol. The molecule has 0 aliphatic carbocycles. The van der Waals surface area contributed by atoms with E-state index in [2.05, 4.69) is 60.9 Å². The SMILES string of the molecule is COc1ccc(-c2c(OCc3ccc(-c4ccccc4-c4nn[nH]n4)cc3)cc(C)nc2C)cn1.Cl. The minimum absolute atomic E-state index is 0. The number of pyridine rings is 2. The number of H-pyrrole nitrogens is 1. The van der Waals surface area contributed by atoms with Gasteiger partial charge < -0.3 is 9.47 Å². The molecular formula is C27H25ClN6O2. The second kappa shape index (κ2) is 11.0. The number of tetrazole rings is 1. The highest BCUT2D eigenvalue weighted by atomic mass is 35.5. The van der Waals surface area contributed by atoms with Crippen LogP contribution in [0.4, 0.5) is 0 Å². The lowest BCUT2D eigenvalue weighted by Gasteiger charge is -2.15. The van der Waals surface area contributed by atoms with Crippen LogP contribution in [0.15, 0.2) is 72.9 Å². The first kappa shape index (κ1) is 24.8. The Bertz CT molecular complexity index is 1440. The quantitative estimate of drug-likeness (QED) is 0.309. The van der Waals surface area contributed by atoms with Gasteiger partial charge in [-0.05, 0) is 41.8 Å². The molecule has 36 heavy (non-hydrogen) atoms. The van der Waals surface area contributed by atoms with Crippen molar-refractivity contribution in [2.75, 3.05) is 7.11 Å². The van der Waals surface area contributed by atoms with Crippen molar-refractivity contribution < 1.29 is 9.47 Å². The Morgan fingerprint density at radius 3 is 2.31 bits per heavy atom. The van der Waals surface area contributed by atoms with E-state index in [1.54, 1.807) is 13.3 Å². The number of aromatic amines is 1. The van der Waals surface area contributed by atoms with Gasteiger partial charge in [-0.1, -0.05) is 48.5 Å². The van der Waals surface area contributed by atoms with Gasteiger partial charge in [0.1, 0.15) is 12.4 Å². The molecule has 8 nitrogen and oxygen atoms in total. The maximum atomic E-state index is 6.29. The van der Waals surface area contributed by atoms with Gasteiger partial charge in [-0.2, -0.15) is 5.21 Å². The van der Waals surface area contributed by atoms with Gasteiger partial charge in [0.05, 0.1) is 7.11 Å². The Kier molecular flexibility index (Phi) is 7.56. The lowest BCUT2D eigenvalue weighted by molar-refractivity contribution is 0.306. The first-order valence-corrected chi connectivity index (χ1v) is 11.2. The number of nitrogens with zero attached hydrogens (tertiary/aromatic N) is 5. The summed E-state index contributed by atoms with van der Waals surface area (Å²) in [7, 11) is 1.60. The van der Waals surface area contributed by atoms with Crippen molar-refractivity contribution in [3.05, 3.63) is 89.9 Å². The molecule has 0 spiro atoms. The molecule has 0 aliphatic heterocycles. The monoisotopic (exact) mass is 500 g/mol. The molecule has 1 N–H and O–H groups in total. The van der Waals surface area contributed by atoms with E-state index in [1.165, 1.54) is 0 Å². The molecule has 9 heteroatoms. The summed E-state index contributed by atoms with van der Waals surface area (Å²) in [6, 6.07) is 22.1. The van der Waals surface area contributed by atoms with Crippen molar-refractivity contribution in [3.63, 3.8) is 0 Å². The van der Waals surface area contributed by atoms with Crippen LogP contribution in [0.1, 0.15) is 17.0 Å². The zero-order valence-corrected chi connectivity index (χ0v) is 20.9. The van der Waals surface area contributed by atoms with Gasteiger partial charge in [0.25, 0.3) is 0 Å². The summed E-state index contributed by atoms with van der Waals surface area (Å²) in [5.41, 5.74) is 7.72. The van der Waals surface area contributed by atoms with Crippen LogP contribution >= 0.6 is 12.4 Å². The average Bonchev–Trinajstić information content (AvgIpc) is 3.43. The normalized spacial score (nSPS) is 10.5. The fraction of sp³-hybridized carbons (Fsp3) is 0.148. The van der Waals surface area contributed by atoms with Crippen LogP contribution in [0.5, 0.6) is 11.6 Å². The van der Waals surface area contributed by atoms with E-state index in [4.69, 9.17) is 9.47 Å². The number of methoxy groups -OCH3 is 1. The third kappa shape index (κ3) is 5.18. The van der Waals surface area contributed by atoms with Gasteiger partial charge >= 0.3 is 0 Å². The van der Waals surface area contributed by atoms with Gasteiger partial charge in [-0.3, -0.25) is 4.98 Å². The molecule has 182 valence electrons. The largest absolute Gasteiger partial charge is 0.488 e. The minimum Gasteiger partial charge on any atom is -0.488 e. The number of aryl methyl sites for hydroxylation is 2. The highest BCUT2D eigenvalue weighted by Crippen LogP contribution is 2.34. The van der Waals surface area contributed by atoms with Crippen LogP contribution in [0.3, 0.4) is 0 Å². The van der Waals surface area contributed by atoms with E-state index in [0.717, 1.165) is 50.5 Å². The van der Waals surface area contributed by atoms with E-state index < -0.39 is 0 Å². The van der Waals surface area contributed by atoms with Gasteiger partial charge in [-0.25, -0.2) is 4.98 Å². The number of hydrogen-bond acceptors (Lipinski definition) is 7. The summed E-state index contributed by atoms with van der Waals surface area (Å²) < 4.78 is 11.5. The van der Waals surface area contributed by atoms with Crippen molar-refractivity contribution in [2.45, 2.75) is 20.5 Å². The van der Waals surface area contributed by atoms with Crippen molar-refractivity contribution in [1.29, 1.82) is 0 Å². The number of benzene rings is 2. The third-order valence-corrected chi connectivity index (χ3v) is 5.70. The molecule has 0 fully saturated rings. The van der Waals surface area contributed by atoms with Gasteiger partial charge in [0.15, 0.2) is 0 Å². The summed E-state index contributed by atoms with van der Waals surface area (Å²) in [4.78, 5) is 8.97. The fourth-order valence-electron chi connectivity index (χ4n) is 4.05. The maximum Gasteiger partial charge on any atom is 0.212 e. The van der Waals surface area contributed by atoms with Gasteiger partial charge in [-0.15, -0.1) is 22.6 Å². The zero-order chi connectivity index (χ0) is 24.2. The number of hydrogen-bond donors (Lipinski definition) is 1. The first-order valence-electron chi connectivity index (χ1n) is 11.2. The molecule has 5 aromatic rings. The summed E-state index contributed by atoms with van der Waals surface area (Å²) in [5, 5.41) is 14.5. The Morgan fingerprint density at radius 2 is 1.64 bits per heavy atom. The van der Waals surface area contributed by atoms with Crippen LogP contribution in [0.25, 0.3) is 33.6 Å². The Balaban J connectivity index is 0.00000304. The number of ether oxygens (including phenoxy) is 2. The molecule has 0 bridgehead atoms. The molecule has 0 amide bonds. The molecule has 0 aliphatic rings. The number of rotatable bonds is 7. The summed E-state index contributed by atoms with van der Waals surface area (Å²) >= 11 is 0. The standard InChI is InChI=1S/C27H24N6O2.ClH/c1-17-14-24(26(18(2)29-17)21-12-13-25(34-3)28-15-21)35-16-19-8-10-20(11-9-19)22-6-4-5-7-23(22)27-30-32-33-31-27;/h4-15H,16H2,1-3H3,(H,30,31,32,33);1H. The molecule has 0 saturated carbocycles. The molecule has 3 aromatic heterocycles. The van der Waals surface area contributed by atoms with E-state index in [0.29, 0.717) is 18.3 Å². The van der Waals surface area contributed by atoms with Crippen LogP contribution in [0, 0.1) is 13.8 Å². The van der Waals surface area contributed by atoms with Crippen molar-refractivity contribution in [3.8, 4) is 45.3 Å². The molecule has 2 aromatic carbocycles. The maximum absolute atomic E-state index is 6.29.